The van der Waals surface area contributed by atoms with Crippen LogP contribution >= 0.6 is 0 Å². The van der Waals surface area contributed by atoms with Crippen LogP contribution in [-0.4, -0.2) is 6.54 Å². The molecule has 0 aliphatic heterocycles. The Morgan fingerprint density at radius 2 is 1.83 bits per heavy atom. The normalized spacial score (nSPS) is 31.3. The molecule has 0 saturated heterocycles. The van der Waals surface area contributed by atoms with Crippen molar-refractivity contribution >= 4 is 0 Å². The number of aryl methyl sites for hydroxylation is 1. The number of rotatable bonds is 3. The molecule has 2 N–H and O–H groups in total. The predicted octanol–water partition coefficient (Wildman–Crippen LogP) is 3.87. The first-order valence-corrected chi connectivity index (χ1v) is 7.66. The largest absolute Gasteiger partial charge is 0.330 e. The van der Waals surface area contributed by atoms with E-state index in [2.05, 4.69) is 24.3 Å². The first kappa shape index (κ1) is 12.2. The molecule has 3 unspecified atom stereocenters. The van der Waals surface area contributed by atoms with E-state index in [9.17, 15) is 0 Å². The lowest BCUT2D eigenvalue weighted by molar-refractivity contribution is 0.329. The fraction of sp³-hybridized carbons (Fsp3) is 0.647. The number of hydrogen-bond acceptors (Lipinski definition) is 1. The van der Waals surface area contributed by atoms with Gasteiger partial charge in [-0.25, -0.2) is 0 Å². The maximum atomic E-state index is 5.92. The lowest BCUT2D eigenvalue weighted by atomic mass is 9.76. The molecule has 1 fully saturated rings. The molecule has 0 amide bonds. The van der Waals surface area contributed by atoms with Gasteiger partial charge >= 0.3 is 0 Å². The van der Waals surface area contributed by atoms with Crippen LogP contribution in [0.4, 0.5) is 0 Å². The first-order valence-electron chi connectivity index (χ1n) is 7.66. The monoisotopic (exact) mass is 243 g/mol. The molecule has 3 rings (SSSR count). The number of nitrogens with two attached hydrogens (primary N) is 1. The molecule has 1 heteroatoms. The molecule has 1 aromatic rings. The zero-order valence-electron chi connectivity index (χ0n) is 11.3. The van der Waals surface area contributed by atoms with Gasteiger partial charge in [0.25, 0.3) is 0 Å². The standard InChI is InChI=1S/C17H25N/c18-12-16-9-4-7-14(16)11-15-8-3-6-13-5-1-2-10-17(13)15/h1-2,5,10,14-16H,3-4,6-9,11-12,18H2. The minimum atomic E-state index is 0.805. The lowest BCUT2D eigenvalue weighted by Gasteiger charge is -2.29. The Morgan fingerprint density at radius 1 is 1.00 bits per heavy atom. The van der Waals surface area contributed by atoms with Crippen LogP contribution in [0.15, 0.2) is 24.3 Å². The van der Waals surface area contributed by atoms with Gasteiger partial charge in [-0.3, -0.25) is 0 Å². The second-order valence-electron chi connectivity index (χ2n) is 6.21. The van der Waals surface area contributed by atoms with Crippen LogP contribution < -0.4 is 5.73 Å². The smallest absolute Gasteiger partial charge is 0.00462 e. The highest BCUT2D eigenvalue weighted by Crippen LogP contribution is 2.42. The van der Waals surface area contributed by atoms with Gasteiger partial charge < -0.3 is 5.73 Å². The maximum absolute atomic E-state index is 5.92. The zero-order chi connectivity index (χ0) is 12.4. The van der Waals surface area contributed by atoms with E-state index in [-0.39, 0.29) is 0 Å². The van der Waals surface area contributed by atoms with Crippen molar-refractivity contribution in [3.05, 3.63) is 35.4 Å². The molecule has 1 nitrogen and oxygen atoms in total. The topological polar surface area (TPSA) is 26.0 Å². The SMILES string of the molecule is NCC1CCCC1CC1CCCc2ccccc21. The van der Waals surface area contributed by atoms with E-state index in [4.69, 9.17) is 5.73 Å². The molecule has 1 aromatic carbocycles. The number of hydrogen-bond donors (Lipinski definition) is 1. The number of benzene rings is 1. The van der Waals surface area contributed by atoms with Gasteiger partial charge in [0.1, 0.15) is 0 Å². The van der Waals surface area contributed by atoms with Gasteiger partial charge in [-0.05, 0) is 67.5 Å². The second-order valence-corrected chi connectivity index (χ2v) is 6.21. The van der Waals surface area contributed by atoms with Gasteiger partial charge in [0.2, 0.25) is 0 Å². The quantitative estimate of drug-likeness (QED) is 0.857. The molecule has 98 valence electrons. The van der Waals surface area contributed by atoms with Crippen molar-refractivity contribution in [2.45, 2.75) is 50.9 Å². The maximum Gasteiger partial charge on any atom is -0.00462 e. The van der Waals surface area contributed by atoms with Gasteiger partial charge in [-0.1, -0.05) is 37.1 Å². The van der Waals surface area contributed by atoms with E-state index >= 15 is 0 Å². The van der Waals surface area contributed by atoms with E-state index in [1.807, 2.05) is 0 Å². The minimum Gasteiger partial charge on any atom is -0.330 e. The van der Waals surface area contributed by atoms with Gasteiger partial charge in [0.05, 0.1) is 0 Å². The third-order valence-electron chi connectivity index (χ3n) is 5.20. The third kappa shape index (κ3) is 2.33. The summed E-state index contributed by atoms with van der Waals surface area (Å²) in [7, 11) is 0. The molecular weight excluding hydrogens is 218 g/mol. The van der Waals surface area contributed by atoms with Crippen molar-refractivity contribution in [3.63, 3.8) is 0 Å². The second kappa shape index (κ2) is 5.44. The van der Waals surface area contributed by atoms with E-state index < -0.39 is 0 Å². The van der Waals surface area contributed by atoms with E-state index in [1.165, 1.54) is 44.9 Å². The van der Waals surface area contributed by atoms with Crippen molar-refractivity contribution in [2.75, 3.05) is 6.54 Å². The van der Waals surface area contributed by atoms with Crippen molar-refractivity contribution in [2.24, 2.45) is 17.6 Å². The van der Waals surface area contributed by atoms with Crippen molar-refractivity contribution in [3.8, 4) is 0 Å². The highest BCUT2D eigenvalue weighted by molar-refractivity contribution is 5.32. The van der Waals surface area contributed by atoms with Crippen molar-refractivity contribution < 1.29 is 0 Å². The Balaban J connectivity index is 1.74. The fourth-order valence-corrected chi connectivity index (χ4v) is 4.20. The van der Waals surface area contributed by atoms with Gasteiger partial charge in [-0.2, -0.15) is 0 Å². The van der Waals surface area contributed by atoms with Gasteiger partial charge in [-0.15, -0.1) is 0 Å². The zero-order valence-corrected chi connectivity index (χ0v) is 11.3. The average molecular weight is 243 g/mol. The Hall–Kier alpha value is -0.820. The Bertz CT molecular complexity index is 398. The summed E-state index contributed by atoms with van der Waals surface area (Å²) in [5, 5.41) is 0. The summed E-state index contributed by atoms with van der Waals surface area (Å²) in [5.74, 6) is 2.51. The minimum absolute atomic E-state index is 0.805. The van der Waals surface area contributed by atoms with Crippen molar-refractivity contribution in [1.29, 1.82) is 0 Å². The molecule has 0 radical (unpaired) electrons. The molecule has 0 bridgehead atoms. The molecule has 2 aliphatic rings. The first-order chi connectivity index (χ1) is 8.88. The molecule has 0 heterocycles. The highest BCUT2D eigenvalue weighted by atomic mass is 14.6. The van der Waals surface area contributed by atoms with Crippen LogP contribution in [0.25, 0.3) is 0 Å². The fourth-order valence-electron chi connectivity index (χ4n) is 4.20. The van der Waals surface area contributed by atoms with Crippen LogP contribution in [0.2, 0.25) is 0 Å². The Kier molecular flexibility index (Phi) is 3.69. The van der Waals surface area contributed by atoms with Crippen LogP contribution in [-0.2, 0) is 6.42 Å². The molecule has 2 aliphatic carbocycles. The highest BCUT2D eigenvalue weighted by Gasteiger charge is 2.30. The number of fused-ring (bicyclic) bond motifs is 1. The van der Waals surface area contributed by atoms with Crippen LogP contribution in [0.1, 0.15) is 55.6 Å². The molecule has 0 aromatic heterocycles. The Labute approximate surface area is 111 Å². The summed E-state index contributed by atoms with van der Waals surface area (Å²) in [6, 6.07) is 9.10. The lowest BCUT2D eigenvalue weighted by Crippen LogP contribution is -2.21. The van der Waals surface area contributed by atoms with E-state index in [0.717, 1.165) is 24.3 Å². The molecule has 0 spiro atoms. The molecular formula is C17H25N. The van der Waals surface area contributed by atoms with Crippen LogP contribution in [0.5, 0.6) is 0 Å². The summed E-state index contributed by atoms with van der Waals surface area (Å²) in [6.45, 7) is 0.902. The summed E-state index contributed by atoms with van der Waals surface area (Å²) in [5.41, 5.74) is 9.18. The summed E-state index contributed by atoms with van der Waals surface area (Å²) < 4.78 is 0. The van der Waals surface area contributed by atoms with Crippen molar-refractivity contribution in [1.82, 2.24) is 0 Å². The average Bonchev–Trinajstić information content (AvgIpc) is 2.86. The van der Waals surface area contributed by atoms with Crippen LogP contribution in [0.3, 0.4) is 0 Å². The summed E-state index contributed by atoms with van der Waals surface area (Å²) in [6.07, 6.45) is 9.64. The van der Waals surface area contributed by atoms with Gasteiger partial charge in [0.15, 0.2) is 0 Å². The summed E-state index contributed by atoms with van der Waals surface area (Å²) >= 11 is 0. The molecule has 18 heavy (non-hydrogen) atoms. The van der Waals surface area contributed by atoms with Gasteiger partial charge in [0, 0.05) is 0 Å². The third-order valence-corrected chi connectivity index (χ3v) is 5.20. The Morgan fingerprint density at radius 3 is 2.72 bits per heavy atom. The van der Waals surface area contributed by atoms with E-state index in [0.29, 0.717) is 0 Å². The summed E-state index contributed by atoms with van der Waals surface area (Å²) in [4.78, 5) is 0. The molecule has 3 atom stereocenters. The van der Waals surface area contributed by atoms with E-state index in [1.54, 1.807) is 11.1 Å². The molecule has 1 saturated carbocycles. The predicted molar refractivity (Wildman–Crippen MR) is 76.6 cm³/mol. The van der Waals surface area contributed by atoms with Crippen LogP contribution in [0, 0.1) is 11.8 Å².